The van der Waals surface area contributed by atoms with Gasteiger partial charge in [-0.05, 0) is 41.5 Å². The second-order valence-corrected chi connectivity index (χ2v) is 12.2. The number of aromatic nitrogens is 2. The van der Waals surface area contributed by atoms with Crippen LogP contribution in [0, 0.1) is 0 Å². The molecule has 5 unspecified atom stereocenters. The normalized spacial score (nSPS) is 24.9. The highest BCUT2D eigenvalue weighted by molar-refractivity contribution is 7.54. The summed E-state index contributed by atoms with van der Waals surface area (Å²) in [4.78, 5) is 40.1. The van der Waals surface area contributed by atoms with Crippen LogP contribution in [0.25, 0.3) is 0 Å². The Hall–Kier alpha value is -2.34. The van der Waals surface area contributed by atoms with Gasteiger partial charge in [0.2, 0.25) is 6.23 Å². The monoisotopic (exact) mass is 653 g/mol. The molecule has 0 bridgehead atoms. The quantitative estimate of drug-likeness (QED) is 0.137. The maximum absolute atomic E-state index is 15.2. The van der Waals surface area contributed by atoms with Crippen molar-refractivity contribution < 1.29 is 55.6 Å². The third-order valence-corrected chi connectivity index (χ3v) is 7.89. The first-order chi connectivity index (χ1) is 19.2. The van der Waals surface area contributed by atoms with Crippen LogP contribution >= 0.6 is 19.3 Å². The minimum Gasteiger partial charge on any atom is -0.462 e. The first-order valence-corrected chi connectivity index (χ1v) is 14.4. The zero-order valence-corrected chi connectivity index (χ0v) is 25.0. The minimum absolute atomic E-state index is 0.0517. The summed E-state index contributed by atoms with van der Waals surface area (Å²) in [6, 6.07) is -2.90. The highest BCUT2D eigenvalue weighted by Gasteiger charge is 2.71. The summed E-state index contributed by atoms with van der Waals surface area (Å²) in [6.45, 7) is 6.67. The zero-order valence-electron chi connectivity index (χ0n) is 23.3. The Balaban J connectivity index is 2.47. The van der Waals surface area contributed by atoms with Crippen molar-refractivity contribution in [1.82, 2.24) is 19.7 Å². The maximum atomic E-state index is 15.2. The number of anilines is 1. The van der Waals surface area contributed by atoms with E-state index in [1.807, 2.05) is 0 Å². The number of nitrogens with one attached hydrogen (secondary N) is 2. The molecule has 1 aromatic heterocycles. The SMILES string of the molecule is CC(C)OC(=O)C(C)NP(=O)(NC(C)C(=O)OC(C)C)OCC1(C(F)F)OC(n2cc(Cl)c(N)nc2=O)C(F)(F)C1O. The van der Waals surface area contributed by atoms with Gasteiger partial charge < -0.3 is 29.6 Å². The molecule has 1 aliphatic heterocycles. The van der Waals surface area contributed by atoms with Crippen molar-refractivity contribution in [2.24, 2.45) is 0 Å². The zero-order chi connectivity index (χ0) is 32.4. The molecule has 1 aliphatic rings. The fourth-order valence-electron chi connectivity index (χ4n) is 3.61. The number of nitrogens with two attached hydrogens (primary N) is 1. The summed E-state index contributed by atoms with van der Waals surface area (Å²) < 4.78 is 93.1. The van der Waals surface area contributed by atoms with Crippen LogP contribution in [-0.2, 0) is 32.9 Å². The predicted octanol–water partition coefficient (Wildman–Crippen LogP) is 1.99. The number of ether oxygens (including phenoxy) is 3. The Morgan fingerprint density at radius 1 is 1.14 bits per heavy atom. The molecule has 0 radical (unpaired) electrons. The molecule has 5 atom stereocenters. The number of nitrogens with zero attached hydrogens (tertiary/aromatic N) is 2. The molecule has 0 saturated carbocycles. The first-order valence-electron chi connectivity index (χ1n) is 12.4. The first kappa shape index (κ1) is 35.9. The van der Waals surface area contributed by atoms with Crippen LogP contribution < -0.4 is 21.6 Å². The number of alkyl halides is 4. The number of hydrogen-bond acceptors (Lipinski definition) is 11. The molecule has 0 aromatic carbocycles. The van der Waals surface area contributed by atoms with E-state index in [2.05, 4.69) is 15.2 Å². The molecule has 1 aromatic rings. The Labute approximate surface area is 242 Å². The number of carbonyl (C=O) groups excluding carboxylic acids is 2. The average Bonchev–Trinajstić information content (AvgIpc) is 3.05. The van der Waals surface area contributed by atoms with E-state index >= 15 is 8.78 Å². The highest BCUT2D eigenvalue weighted by Crippen LogP contribution is 2.52. The molecule has 5 N–H and O–H groups in total. The van der Waals surface area contributed by atoms with E-state index in [1.165, 1.54) is 27.7 Å². The number of nitrogen functional groups attached to an aromatic ring is 1. The summed E-state index contributed by atoms with van der Waals surface area (Å²) >= 11 is 5.75. The number of aliphatic hydroxyl groups excluding tert-OH is 1. The van der Waals surface area contributed by atoms with Crippen LogP contribution in [0.4, 0.5) is 23.4 Å². The number of rotatable bonds is 13. The number of halogens is 5. The molecular formula is C22H33ClF4N5O9P. The van der Waals surface area contributed by atoms with Crippen LogP contribution in [0.2, 0.25) is 5.02 Å². The van der Waals surface area contributed by atoms with Crippen LogP contribution in [0.3, 0.4) is 0 Å². The Morgan fingerprint density at radius 3 is 2.05 bits per heavy atom. The molecule has 240 valence electrons. The number of hydrogen-bond donors (Lipinski definition) is 4. The molecule has 0 amide bonds. The maximum Gasteiger partial charge on any atom is 0.351 e. The lowest BCUT2D eigenvalue weighted by molar-refractivity contribution is -0.192. The third-order valence-electron chi connectivity index (χ3n) is 5.65. The van der Waals surface area contributed by atoms with Crippen LogP contribution in [0.1, 0.15) is 47.8 Å². The van der Waals surface area contributed by atoms with Crippen molar-refractivity contribution in [3.63, 3.8) is 0 Å². The molecule has 1 saturated heterocycles. The van der Waals surface area contributed by atoms with E-state index in [-0.39, 0.29) is 4.57 Å². The number of aliphatic hydroxyl groups is 1. The molecule has 0 spiro atoms. The van der Waals surface area contributed by atoms with Crippen molar-refractivity contribution in [1.29, 1.82) is 0 Å². The summed E-state index contributed by atoms with van der Waals surface area (Å²) in [6.07, 6.45) is -10.8. The van der Waals surface area contributed by atoms with E-state index in [0.29, 0.717) is 6.20 Å². The van der Waals surface area contributed by atoms with E-state index in [0.717, 1.165) is 13.8 Å². The van der Waals surface area contributed by atoms with Crippen molar-refractivity contribution in [2.45, 2.75) is 96.1 Å². The van der Waals surface area contributed by atoms with E-state index in [4.69, 9.17) is 36.1 Å². The summed E-state index contributed by atoms with van der Waals surface area (Å²) in [5.74, 6) is -7.06. The molecule has 20 heteroatoms. The Bertz CT molecular complexity index is 1220. The van der Waals surface area contributed by atoms with Crippen molar-refractivity contribution in [2.75, 3.05) is 12.3 Å². The fraction of sp³-hybridized carbons (Fsp3) is 0.727. The van der Waals surface area contributed by atoms with Gasteiger partial charge >= 0.3 is 31.2 Å². The molecule has 14 nitrogen and oxygen atoms in total. The molecule has 42 heavy (non-hydrogen) atoms. The van der Waals surface area contributed by atoms with E-state index in [1.54, 1.807) is 0 Å². The van der Waals surface area contributed by atoms with Gasteiger partial charge in [-0.3, -0.25) is 18.7 Å². The highest BCUT2D eigenvalue weighted by atomic mass is 35.5. The second-order valence-electron chi connectivity index (χ2n) is 9.96. The fourth-order valence-corrected chi connectivity index (χ4v) is 5.60. The van der Waals surface area contributed by atoms with Gasteiger partial charge in [-0.25, -0.2) is 23.7 Å². The second kappa shape index (κ2) is 13.5. The molecule has 1 fully saturated rings. The van der Waals surface area contributed by atoms with E-state index in [9.17, 15) is 32.8 Å². The van der Waals surface area contributed by atoms with Crippen molar-refractivity contribution in [3.8, 4) is 0 Å². The lowest BCUT2D eigenvalue weighted by Crippen LogP contribution is -2.55. The average molecular weight is 654 g/mol. The molecule has 2 heterocycles. The standard InChI is InChI=1S/C22H33ClF4N5O9P/c1-9(2)39-15(33)11(5)30-42(37,31-12(6)16(34)40-10(3)4)38-8-21(18(24)25)17(35)22(26,27)19(41-21)32-7-13(23)14(28)29-20(32)36/h7,9-12,17-19,35H,8H2,1-6H3,(H2,28,29,36)(H2,30,31,37). The summed E-state index contributed by atoms with van der Waals surface area (Å²) in [5, 5.41) is 14.3. The number of carbonyl (C=O) groups is 2. The summed E-state index contributed by atoms with van der Waals surface area (Å²) in [7, 11) is -4.83. The lowest BCUT2D eigenvalue weighted by Gasteiger charge is -2.33. The van der Waals surface area contributed by atoms with Crippen LogP contribution in [-0.4, -0.2) is 81.5 Å². The topological polar surface area (TPSA) is 193 Å². The van der Waals surface area contributed by atoms with Gasteiger partial charge in [0.15, 0.2) is 11.7 Å². The van der Waals surface area contributed by atoms with Crippen molar-refractivity contribution >= 4 is 37.0 Å². The van der Waals surface area contributed by atoms with Gasteiger partial charge in [0.05, 0.1) is 23.8 Å². The lowest BCUT2D eigenvalue weighted by atomic mass is 9.96. The summed E-state index contributed by atoms with van der Waals surface area (Å²) in [5.41, 5.74) is 0.294. The number of esters is 2. The molecule has 2 rings (SSSR count). The van der Waals surface area contributed by atoms with Gasteiger partial charge in [-0.1, -0.05) is 11.6 Å². The van der Waals surface area contributed by atoms with Gasteiger partial charge in [-0.15, -0.1) is 0 Å². The van der Waals surface area contributed by atoms with Gasteiger partial charge in [0.1, 0.15) is 17.9 Å². The molecule has 0 aliphatic carbocycles. The third kappa shape index (κ3) is 7.98. The van der Waals surface area contributed by atoms with Crippen LogP contribution in [0.15, 0.2) is 11.0 Å². The molecular weight excluding hydrogens is 621 g/mol. The van der Waals surface area contributed by atoms with Crippen LogP contribution in [0.5, 0.6) is 0 Å². The Morgan fingerprint density at radius 2 is 1.62 bits per heavy atom. The van der Waals surface area contributed by atoms with Gasteiger partial charge in [0.25, 0.3) is 6.43 Å². The Kier molecular flexibility index (Phi) is 11.5. The van der Waals surface area contributed by atoms with E-state index < -0.39 is 97.3 Å². The van der Waals surface area contributed by atoms with Gasteiger partial charge in [0, 0.05) is 6.20 Å². The minimum atomic E-state index is -4.83. The largest absolute Gasteiger partial charge is 0.462 e. The van der Waals surface area contributed by atoms with Crippen molar-refractivity contribution in [3.05, 3.63) is 21.7 Å². The van der Waals surface area contributed by atoms with Gasteiger partial charge in [-0.2, -0.15) is 13.8 Å². The smallest absolute Gasteiger partial charge is 0.351 e. The predicted molar refractivity (Wildman–Crippen MR) is 139 cm³/mol.